The summed E-state index contributed by atoms with van der Waals surface area (Å²) in [4.78, 5) is 26.6. The topological polar surface area (TPSA) is 83.6 Å². The Morgan fingerprint density at radius 3 is 0.981 bits per heavy atom. The largest absolute Gasteiger partial charge is 0.289 e. The van der Waals surface area contributed by atoms with Gasteiger partial charge in [-0.2, -0.15) is 10.2 Å². The monoisotopic (exact) mass is 826 g/mol. The first kappa shape index (κ1) is 41.1. The highest BCUT2D eigenvalue weighted by Crippen LogP contribution is 2.42. The summed E-state index contributed by atoms with van der Waals surface area (Å²) in [7, 11) is 0. The molecule has 6 nitrogen and oxygen atoms in total. The maximum absolute atomic E-state index is 13.3. The predicted octanol–water partition coefficient (Wildman–Crippen LogP) is 14.5. The molecule has 0 heterocycles. The summed E-state index contributed by atoms with van der Waals surface area (Å²) < 4.78 is 1.64. The van der Waals surface area contributed by atoms with Gasteiger partial charge < -0.3 is 0 Å². The highest BCUT2D eigenvalue weighted by Gasteiger charge is 2.35. The number of rotatable bonds is 5. The molecule has 2 aromatic carbocycles. The Hall–Kier alpha value is -3.62. The van der Waals surface area contributed by atoms with Gasteiger partial charge in [0.2, 0.25) is 0 Å². The van der Waals surface area contributed by atoms with E-state index in [2.05, 4.69) is 148 Å². The van der Waals surface area contributed by atoms with Crippen LogP contribution in [0, 0.1) is 35.5 Å². The minimum absolute atomic E-state index is 0.0935. The van der Waals surface area contributed by atoms with Gasteiger partial charge in [-0.15, -0.1) is 10.2 Å². The molecule has 4 rings (SSSR count). The number of benzene rings is 2. The number of hydrogen-bond donors (Lipinski definition) is 0. The first-order valence-electron chi connectivity index (χ1n) is 17.6. The molecule has 0 atom stereocenters. The van der Waals surface area contributed by atoms with Gasteiger partial charge in [-0.25, -0.2) is 0 Å². The molecule has 2 aliphatic carbocycles. The van der Waals surface area contributed by atoms with Crippen LogP contribution >= 0.6 is 31.9 Å². The van der Waals surface area contributed by atoms with Crippen molar-refractivity contribution >= 4 is 54.8 Å². The summed E-state index contributed by atoms with van der Waals surface area (Å²) in [6.07, 6.45) is 11.2. The SMILES string of the molecule is Cc1cc(-c2cc(C)c(/N=N/C=C3C=C(C(C)(C)C)C(=O)C(C(C)(C)C)=C3)c(Br)c2)cc(Br)c1/N=N/C=C1C=C(C(C)(C)C)C(=O)C(C(C)(C)C)=C1. The van der Waals surface area contributed by atoms with Crippen LogP contribution in [-0.4, -0.2) is 11.6 Å². The molecule has 52 heavy (non-hydrogen) atoms. The summed E-state index contributed by atoms with van der Waals surface area (Å²) >= 11 is 7.47. The number of nitrogens with zero attached hydrogens (tertiary/aromatic N) is 4. The fourth-order valence-electron chi connectivity index (χ4n) is 6.05. The lowest BCUT2D eigenvalue weighted by Gasteiger charge is -2.31. The van der Waals surface area contributed by atoms with E-state index in [4.69, 9.17) is 0 Å². The van der Waals surface area contributed by atoms with Crippen LogP contribution in [0.2, 0.25) is 0 Å². The molecule has 0 spiro atoms. The second-order valence-electron chi connectivity index (χ2n) is 17.8. The van der Waals surface area contributed by atoms with E-state index in [-0.39, 0.29) is 33.2 Å². The summed E-state index contributed by atoms with van der Waals surface area (Å²) in [5.74, 6) is 0.187. The Morgan fingerprint density at radius 2 is 0.750 bits per heavy atom. The molecule has 2 aromatic rings. The molecule has 0 amide bonds. The molecule has 0 saturated carbocycles. The van der Waals surface area contributed by atoms with E-state index >= 15 is 0 Å². The predicted molar refractivity (Wildman–Crippen MR) is 222 cm³/mol. The van der Waals surface area contributed by atoms with E-state index in [0.717, 1.165) is 76.0 Å². The van der Waals surface area contributed by atoms with Gasteiger partial charge in [0.1, 0.15) is 11.4 Å². The molecular weight excluding hydrogens is 776 g/mol. The third-order valence-electron chi connectivity index (χ3n) is 9.02. The number of aryl methyl sites for hydroxylation is 2. The van der Waals surface area contributed by atoms with E-state index in [1.54, 1.807) is 12.4 Å². The van der Waals surface area contributed by atoms with E-state index in [0.29, 0.717) is 0 Å². The van der Waals surface area contributed by atoms with Gasteiger partial charge in [0.15, 0.2) is 11.6 Å². The normalized spacial score (nSPS) is 16.4. The van der Waals surface area contributed by atoms with Crippen LogP contribution in [0.1, 0.15) is 94.2 Å². The Labute approximate surface area is 327 Å². The van der Waals surface area contributed by atoms with Gasteiger partial charge in [0.05, 0.1) is 12.4 Å². The molecule has 0 radical (unpaired) electrons. The number of halogens is 2. The quantitative estimate of drug-likeness (QED) is 0.281. The van der Waals surface area contributed by atoms with Crippen LogP contribution in [0.25, 0.3) is 11.1 Å². The number of hydrogen-bond acceptors (Lipinski definition) is 6. The van der Waals surface area contributed by atoms with Crippen molar-refractivity contribution in [1.29, 1.82) is 0 Å². The van der Waals surface area contributed by atoms with Gasteiger partial charge >= 0.3 is 0 Å². The molecule has 8 heteroatoms. The Kier molecular flexibility index (Phi) is 11.9. The number of azo groups is 2. The van der Waals surface area contributed by atoms with Crippen molar-refractivity contribution in [2.75, 3.05) is 0 Å². The Balaban J connectivity index is 1.63. The highest BCUT2D eigenvalue weighted by molar-refractivity contribution is 9.11. The van der Waals surface area contributed by atoms with Gasteiger partial charge in [0.25, 0.3) is 0 Å². The zero-order chi connectivity index (χ0) is 39.1. The van der Waals surface area contributed by atoms with E-state index in [1.165, 1.54) is 0 Å². The molecule has 0 fully saturated rings. The lowest BCUT2D eigenvalue weighted by atomic mass is 9.72. The number of carbonyl (C=O) groups is 2. The lowest BCUT2D eigenvalue weighted by molar-refractivity contribution is -0.114. The van der Waals surface area contributed by atoms with Crippen LogP contribution in [0.5, 0.6) is 0 Å². The van der Waals surface area contributed by atoms with Crippen LogP contribution in [0.15, 0.2) is 124 Å². The number of ketones is 2. The van der Waals surface area contributed by atoms with Gasteiger partial charge in [-0.05, 0) is 149 Å². The molecular formula is C44H52Br2N4O2. The minimum atomic E-state index is -0.292. The summed E-state index contributed by atoms with van der Waals surface area (Å²) in [6, 6.07) is 8.27. The molecule has 0 aliphatic heterocycles. The number of Topliss-reactive ketones (excluding diaryl/α,β-unsaturated/α-hetero) is 2. The zero-order valence-electron chi connectivity index (χ0n) is 33.1. The average Bonchev–Trinajstić information content (AvgIpc) is 2.98. The number of allylic oxidation sites excluding steroid dienone is 10. The van der Waals surface area contributed by atoms with Crippen LogP contribution in [0.3, 0.4) is 0 Å². The first-order valence-corrected chi connectivity index (χ1v) is 19.2. The third-order valence-corrected chi connectivity index (χ3v) is 10.2. The average molecular weight is 829 g/mol. The molecule has 0 unspecified atom stereocenters. The Bertz CT molecular complexity index is 1810. The zero-order valence-corrected chi connectivity index (χ0v) is 36.3. The van der Waals surface area contributed by atoms with Crippen molar-refractivity contribution in [3.63, 3.8) is 0 Å². The van der Waals surface area contributed by atoms with Gasteiger partial charge in [-0.1, -0.05) is 83.1 Å². The summed E-state index contributed by atoms with van der Waals surface area (Å²) in [5.41, 5.74) is 9.05. The van der Waals surface area contributed by atoms with E-state index in [1.807, 2.05) is 50.3 Å². The molecule has 0 aromatic heterocycles. The number of carbonyl (C=O) groups excluding carboxylic acids is 2. The van der Waals surface area contributed by atoms with Crippen LogP contribution in [0.4, 0.5) is 11.4 Å². The third kappa shape index (κ3) is 9.48. The lowest BCUT2D eigenvalue weighted by Crippen LogP contribution is -2.27. The van der Waals surface area contributed by atoms with Crippen LogP contribution < -0.4 is 0 Å². The van der Waals surface area contributed by atoms with Crippen molar-refractivity contribution in [3.05, 3.63) is 114 Å². The van der Waals surface area contributed by atoms with Crippen molar-refractivity contribution in [2.24, 2.45) is 42.1 Å². The maximum Gasteiger partial charge on any atom is 0.186 e. The molecule has 2 aliphatic rings. The van der Waals surface area contributed by atoms with E-state index in [9.17, 15) is 9.59 Å². The second-order valence-corrected chi connectivity index (χ2v) is 19.5. The first-order chi connectivity index (χ1) is 23.8. The summed E-state index contributed by atoms with van der Waals surface area (Å²) in [6.45, 7) is 28.7. The molecule has 0 N–H and O–H groups in total. The van der Waals surface area contributed by atoms with Gasteiger partial charge in [-0.3, -0.25) is 9.59 Å². The van der Waals surface area contributed by atoms with Crippen molar-refractivity contribution in [3.8, 4) is 11.1 Å². The highest BCUT2D eigenvalue weighted by atomic mass is 79.9. The molecule has 0 bridgehead atoms. The van der Waals surface area contributed by atoms with Crippen LogP contribution in [-0.2, 0) is 9.59 Å². The molecule has 0 saturated heterocycles. The van der Waals surface area contributed by atoms with Crippen molar-refractivity contribution in [2.45, 2.75) is 96.9 Å². The van der Waals surface area contributed by atoms with Crippen molar-refractivity contribution in [1.82, 2.24) is 0 Å². The maximum atomic E-state index is 13.3. The minimum Gasteiger partial charge on any atom is -0.289 e. The fourth-order valence-corrected chi connectivity index (χ4v) is 7.32. The van der Waals surface area contributed by atoms with E-state index < -0.39 is 0 Å². The second kappa shape index (κ2) is 15.0. The fraction of sp³-hybridized carbons (Fsp3) is 0.409. The summed E-state index contributed by atoms with van der Waals surface area (Å²) in [5, 5.41) is 18.1. The molecule has 274 valence electrons. The Morgan fingerprint density at radius 1 is 0.481 bits per heavy atom. The standard InChI is InChI=1S/C44H52Br2N4O2/c1-25-15-29(21-35(45)37(25)49-47-23-27-17-31(41(3,4)5)39(51)32(18-27)42(6,7)8)30-16-26(2)38(36(46)22-30)50-48-24-28-19-33(43(9,10)11)40(52)34(20-28)44(12,13)14/h15-24H,1-14H3/b49-47+,50-48+. The van der Waals surface area contributed by atoms with Crippen molar-refractivity contribution < 1.29 is 9.59 Å². The smallest absolute Gasteiger partial charge is 0.186 e. The van der Waals surface area contributed by atoms with Gasteiger partial charge in [0, 0.05) is 31.2 Å².